The Morgan fingerprint density at radius 3 is 2.80 bits per heavy atom. The minimum atomic E-state index is -0.0646. The molecule has 0 aliphatic carbocycles. The van der Waals surface area contributed by atoms with Crippen molar-refractivity contribution in [1.29, 1.82) is 0 Å². The van der Waals surface area contributed by atoms with E-state index in [-0.39, 0.29) is 6.03 Å². The van der Waals surface area contributed by atoms with E-state index >= 15 is 0 Å². The van der Waals surface area contributed by atoms with Crippen LogP contribution in [0.1, 0.15) is 45.1 Å². The number of pyridine rings is 1. The van der Waals surface area contributed by atoms with Gasteiger partial charge in [-0.25, -0.2) is 9.78 Å². The number of carbonyl (C=O) groups is 1. The molecule has 0 aromatic carbocycles. The number of nitrogens with zero attached hydrogens (tertiary/aromatic N) is 3. The van der Waals surface area contributed by atoms with Gasteiger partial charge in [0.25, 0.3) is 0 Å². The monoisotopic (exact) mass is 345 g/mol. The van der Waals surface area contributed by atoms with Gasteiger partial charge in [-0.3, -0.25) is 4.90 Å². The second-order valence-corrected chi connectivity index (χ2v) is 7.02. The predicted molar refractivity (Wildman–Crippen MR) is 101 cm³/mol. The Bertz CT molecular complexity index is 557. The van der Waals surface area contributed by atoms with Crippen molar-refractivity contribution in [1.82, 2.24) is 20.5 Å². The average molecular weight is 345 g/mol. The van der Waals surface area contributed by atoms with Crippen LogP contribution in [0.5, 0.6) is 0 Å². The van der Waals surface area contributed by atoms with Crippen LogP contribution in [0.3, 0.4) is 0 Å². The summed E-state index contributed by atoms with van der Waals surface area (Å²) in [5.74, 6) is 0.988. The van der Waals surface area contributed by atoms with Gasteiger partial charge in [-0.2, -0.15) is 0 Å². The first kappa shape index (κ1) is 18.0. The third kappa shape index (κ3) is 4.42. The second-order valence-electron chi connectivity index (χ2n) is 7.02. The average Bonchev–Trinajstić information content (AvgIpc) is 3.05. The van der Waals surface area contributed by atoms with Crippen LogP contribution >= 0.6 is 0 Å². The lowest BCUT2D eigenvalue weighted by atomic mass is 9.99. The van der Waals surface area contributed by atoms with Gasteiger partial charge in [-0.1, -0.05) is 12.5 Å². The molecular weight excluding hydrogens is 314 g/mol. The molecule has 2 aliphatic heterocycles. The van der Waals surface area contributed by atoms with Gasteiger partial charge in [0.05, 0.1) is 0 Å². The molecule has 6 nitrogen and oxygen atoms in total. The summed E-state index contributed by atoms with van der Waals surface area (Å²) in [6.07, 6.45) is 6.71. The van der Waals surface area contributed by atoms with Gasteiger partial charge in [0.2, 0.25) is 0 Å². The third-order valence-corrected chi connectivity index (χ3v) is 5.52. The van der Waals surface area contributed by atoms with E-state index < -0.39 is 0 Å². The molecule has 25 heavy (non-hydrogen) atoms. The molecule has 138 valence electrons. The summed E-state index contributed by atoms with van der Waals surface area (Å²) in [5.41, 5.74) is 1.02. The highest BCUT2D eigenvalue weighted by Crippen LogP contribution is 2.27. The molecule has 6 heteroatoms. The quantitative estimate of drug-likeness (QED) is 0.831. The molecule has 0 unspecified atom stereocenters. The minimum absolute atomic E-state index is 0.0646. The second kappa shape index (κ2) is 8.52. The van der Waals surface area contributed by atoms with E-state index in [0.29, 0.717) is 18.6 Å². The lowest BCUT2D eigenvalue weighted by Gasteiger charge is -2.32. The van der Waals surface area contributed by atoms with Crippen LogP contribution in [0, 0.1) is 0 Å². The van der Waals surface area contributed by atoms with Crippen molar-refractivity contribution in [3.8, 4) is 0 Å². The molecule has 2 aliphatic rings. The van der Waals surface area contributed by atoms with Crippen molar-refractivity contribution in [2.45, 2.75) is 58.2 Å². The summed E-state index contributed by atoms with van der Waals surface area (Å²) in [5, 5.41) is 6.15. The molecule has 2 atom stereocenters. The maximum Gasteiger partial charge on any atom is 0.315 e. The molecule has 0 saturated carbocycles. The molecular formula is C19H31N5O. The number of anilines is 1. The maximum absolute atomic E-state index is 12.2. The van der Waals surface area contributed by atoms with E-state index in [1.165, 1.54) is 25.8 Å². The van der Waals surface area contributed by atoms with Gasteiger partial charge in [-0.15, -0.1) is 0 Å². The Hall–Kier alpha value is -1.82. The molecule has 1 aromatic rings. The third-order valence-electron chi connectivity index (χ3n) is 5.52. The number of rotatable bonds is 6. The summed E-state index contributed by atoms with van der Waals surface area (Å²) in [4.78, 5) is 21.5. The number of hydrogen-bond donors (Lipinski definition) is 2. The van der Waals surface area contributed by atoms with Gasteiger partial charge >= 0.3 is 6.03 Å². The van der Waals surface area contributed by atoms with Crippen LogP contribution in [0.25, 0.3) is 0 Å². The molecule has 0 spiro atoms. The van der Waals surface area contributed by atoms with Crippen molar-refractivity contribution in [2.24, 2.45) is 0 Å². The van der Waals surface area contributed by atoms with Gasteiger partial charge in [0.15, 0.2) is 0 Å². The first-order valence-electron chi connectivity index (χ1n) is 9.69. The lowest BCUT2D eigenvalue weighted by Crippen LogP contribution is -2.49. The molecule has 2 N–H and O–H groups in total. The number of hydrogen-bond acceptors (Lipinski definition) is 4. The molecule has 3 rings (SSSR count). The number of aromatic nitrogens is 1. The van der Waals surface area contributed by atoms with Crippen LogP contribution in [0.4, 0.5) is 10.6 Å². The molecule has 0 radical (unpaired) electrons. The Morgan fingerprint density at radius 2 is 2.08 bits per heavy atom. The number of piperidine rings is 1. The maximum atomic E-state index is 12.2. The fourth-order valence-corrected chi connectivity index (χ4v) is 4.07. The van der Waals surface area contributed by atoms with E-state index in [2.05, 4.69) is 39.3 Å². The zero-order valence-corrected chi connectivity index (χ0v) is 15.5. The van der Waals surface area contributed by atoms with Crippen molar-refractivity contribution in [3.63, 3.8) is 0 Å². The van der Waals surface area contributed by atoms with E-state index in [9.17, 15) is 4.79 Å². The molecule has 2 saturated heterocycles. The first-order chi connectivity index (χ1) is 12.2. The van der Waals surface area contributed by atoms with E-state index in [4.69, 9.17) is 0 Å². The Labute approximate surface area is 151 Å². The highest BCUT2D eigenvalue weighted by Gasteiger charge is 2.36. The highest BCUT2D eigenvalue weighted by molar-refractivity contribution is 5.74. The van der Waals surface area contributed by atoms with Crippen molar-refractivity contribution >= 4 is 11.8 Å². The molecule has 0 bridgehead atoms. The number of amides is 2. The normalized spacial score (nSPS) is 23.1. The van der Waals surface area contributed by atoms with Gasteiger partial charge in [0, 0.05) is 44.5 Å². The summed E-state index contributed by atoms with van der Waals surface area (Å²) in [6.45, 7) is 8.97. The molecule has 2 fully saturated rings. The summed E-state index contributed by atoms with van der Waals surface area (Å²) in [7, 11) is 0. The fourth-order valence-electron chi connectivity index (χ4n) is 4.07. The number of fused-ring (bicyclic) bond motifs is 1. The Balaban J connectivity index is 1.46. The highest BCUT2D eigenvalue weighted by atomic mass is 16.2. The fraction of sp³-hybridized carbons (Fsp3) is 0.684. The zero-order chi connectivity index (χ0) is 17.6. The van der Waals surface area contributed by atoms with Gasteiger partial charge in [0.1, 0.15) is 5.82 Å². The molecule has 1 aromatic heterocycles. The zero-order valence-electron chi connectivity index (χ0n) is 15.5. The van der Waals surface area contributed by atoms with E-state index in [1.54, 1.807) is 0 Å². The molecule has 3 heterocycles. The van der Waals surface area contributed by atoms with E-state index in [0.717, 1.165) is 37.4 Å². The predicted octanol–water partition coefficient (Wildman–Crippen LogP) is 2.35. The number of urea groups is 1. The van der Waals surface area contributed by atoms with Crippen molar-refractivity contribution in [3.05, 3.63) is 23.9 Å². The van der Waals surface area contributed by atoms with Crippen molar-refractivity contribution < 1.29 is 4.79 Å². The standard InChI is InChI=1S/C19H31N5O/c1-3-23(4-2)18-9-8-15(13-20-18)14-21-19(25)22-16-10-12-24-11-6-5-7-17(16)24/h8-9,13,16-17H,3-7,10-12,14H2,1-2H3,(H2,21,22,25)/t16-,17-/m0/s1. The minimum Gasteiger partial charge on any atom is -0.357 e. The van der Waals surface area contributed by atoms with Crippen LogP contribution in [-0.2, 0) is 6.54 Å². The van der Waals surface area contributed by atoms with Gasteiger partial charge < -0.3 is 15.5 Å². The van der Waals surface area contributed by atoms with Crippen LogP contribution < -0.4 is 15.5 Å². The number of carbonyl (C=O) groups excluding carboxylic acids is 1. The summed E-state index contributed by atoms with van der Waals surface area (Å²) >= 11 is 0. The van der Waals surface area contributed by atoms with Crippen LogP contribution in [-0.4, -0.2) is 54.2 Å². The van der Waals surface area contributed by atoms with Crippen molar-refractivity contribution in [2.75, 3.05) is 31.1 Å². The van der Waals surface area contributed by atoms with Crippen LogP contribution in [0.15, 0.2) is 18.3 Å². The SMILES string of the molecule is CCN(CC)c1ccc(CNC(=O)N[C@H]2CCN3CCCC[C@@H]23)cn1. The lowest BCUT2D eigenvalue weighted by molar-refractivity contribution is 0.179. The Morgan fingerprint density at radius 1 is 1.24 bits per heavy atom. The number of nitrogens with one attached hydrogen (secondary N) is 2. The van der Waals surface area contributed by atoms with Crippen LogP contribution in [0.2, 0.25) is 0 Å². The summed E-state index contributed by atoms with van der Waals surface area (Å²) in [6, 6.07) is 4.83. The first-order valence-corrected chi connectivity index (χ1v) is 9.69. The molecule has 2 amide bonds. The van der Waals surface area contributed by atoms with E-state index in [1.807, 2.05) is 18.3 Å². The summed E-state index contributed by atoms with van der Waals surface area (Å²) < 4.78 is 0. The smallest absolute Gasteiger partial charge is 0.315 e. The Kier molecular flexibility index (Phi) is 6.13. The van der Waals surface area contributed by atoms with Gasteiger partial charge in [-0.05, 0) is 51.3 Å². The largest absolute Gasteiger partial charge is 0.357 e. The topological polar surface area (TPSA) is 60.5 Å².